The lowest BCUT2D eigenvalue weighted by molar-refractivity contribution is 0.556. The molecule has 0 fully saturated rings. The smallest absolute Gasteiger partial charge is 0.200 e. The van der Waals surface area contributed by atoms with Gasteiger partial charge in [0, 0.05) is 13.0 Å². The molecule has 1 heterocycles. The van der Waals surface area contributed by atoms with Gasteiger partial charge in [0.2, 0.25) is 0 Å². The van der Waals surface area contributed by atoms with E-state index in [0.29, 0.717) is 6.42 Å². The van der Waals surface area contributed by atoms with Gasteiger partial charge in [0.1, 0.15) is 0 Å². The number of anilines is 1. The fraction of sp³-hybridized carbons (Fsp3) is 0.571. The van der Waals surface area contributed by atoms with E-state index in [-0.39, 0.29) is 5.03 Å². The van der Waals surface area contributed by atoms with E-state index in [0.717, 1.165) is 25.1 Å². The van der Waals surface area contributed by atoms with Crippen molar-refractivity contribution in [2.45, 2.75) is 49.8 Å². The SMILES string of the molecule is CC(C)(C)S(=O)(=O)c1ccc(NCCCCC#N)cn1. The van der Waals surface area contributed by atoms with E-state index in [1.165, 1.54) is 12.3 Å². The summed E-state index contributed by atoms with van der Waals surface area (Å²) < 4.78 is 23.5. The van der Waals surface area contributed by atoms with Crippen molar-refractivity contribution in [2.75, 3.05) is 11.9 Å². The van der Waals surface area contributed by atoms with Crippen molar-refractivity contribution in [3.8, 4) is 6.07 Å². The molecule has 110 valence electrons. The Labute approximate surface area is 121 Å². The van der Waals surface area contributed by atoms with Crippen LogP contribution in [0, 0.1) is 11.3 Å². The summed E-state index contributed by atoms with van der Waals surface area (Å²) >= 11 is 0. The molecule has 0 bridgehead atoms. The molecule has 6 heteroatoms. The molecule has 0 aliphatic heterocycles. The summed E-state index contributed by atoms with van der Waals surface area (Å²) in [7, 11) is -3.40. The molecular formula is C14H21N3O2S. The second-order valence-corrected chi connectivity index (χ2v) is 8.19. The summed E-state index contributed by atoms with van der Waals surface area (Å²) in [5.74, 6) is 0. The van der Waals surface area contributed by atoms with Crippen molar-refractivity contribution in [1.29, 1.82) is 5.26 Å². The first-order valence-corrected chi connectivity index (χ1v) is 8.09. The van der Waals surface area contributed by atoms with Crippen LogP contribution in [0.4, 0.5) is 5.69 Å². The van der Waals surface area contributed by atoms with E-state index >= 15 is 0 Å². The van der Waals surface area contributed by atoms with E-state index < -0.39 is 14.6 Å². The van der Waals surface area contributed by atoms with Gasteiger partial charge in [-0.05, 0) is 45.7 Å². The van der Waals surface area contributed by atoms with E-state index in [4.69, 9.17) is 5.26 Å². The summed E-state index contributed by atoms with van der Waals surface area (Å²) in [6.45, 7) is 5.72. The highest BCUT2D eigenvalue weighted by molar-refractivity contribution is 7.92. The minimum atomic E-state index is -3.40. The van der Waals surface area contributed by atoms with Gasteiger partial charge < -0.3 is 5.32 Å². The maximum atomic E-state index is 12.2. The molecule has 1 aromatic heterocycles. The van der Waals surface area contributed by atoms with E-state index in [2.05, 4.69) is 16.4 Å². The number of nitriles is 1. The van der Waals surface area contributed by atoms with Gasteiger partial charge in [-0.25, -0.2) is 13.4 Å². The fourth-order valence-corrected chi connectivity index (χ4v) is 2.59. The molecule has 1 aromatic rings. The van der Waals surface area contributed by atoms with Crippen LogP contribution in [0.2, 0.25) is 0 Å². The van der Waals surface area contributed by atoms with Crippen LogP contribution in [0.1, 0.15) is 40.0 Å². The van der Waals surface area contributed by atoms with Crippen molar-refractivity contribution >= 4 is 15.5 Å². The predicted octanol–water partition coefficient (Wildman–Crippen LogP) is 2.76. The molecule has 5 nitrogen and oxygen atoms in total. The summed E-state index contributed by atoms with van der Waals surface area (Å²) in [4.78, 5) is 4.03. The molecule has 0 saturated heterocycles. The molecule has 0 aliphatic rings. The van der Waals surface area contributed by atoms with Crippen LogP contribution in [0.25, 0.3) is 0 Å². The molecule has 0 atom stereocenters. The summed E-state index contributed by atoms with van der Waals surface area (Å²) in [5.41, 5.74) is 0.787. The number of sulfone groups is 1. The monoisotopic (exact) mass is 295 g/mol. The lowest BCUT2D eigenvalue weighted by Gasteiger charge is -2.18. The lowest BCUT2D eigenvalue weighted by atomic mass is 10.2. The molecule has 0 aliphatic carbocycles. The second-order valence-electron chi connectivity index (χ2n) is 5.54. The molecule has 0 amide bonds. The van der Waals surface area contributed by atoms with Crippen molar-refractivity contribution < 1.29 is 8.42 Å². The zero-order valence-corrected chi connectivity index (χ0v) is 13.0. The highest BCUT2D eigenvalue weighted by Crippen LogP contribution is 2.23. The van der Waals surface area contributed by atoms with Gasteiger partial charge in [0.15, 0.2) is 14.9 Å². The Morgan fingerprint density at radius 2 is 2.00 bits per heavy atom. The minimum Gasteiger partial charge on any atom is -0.384 e. The van der Waals surface area contributed by atoms with Gasteiger partial charge in [-0.3, -0.25) is 0 Å². The van der Waals surface area contributed by atoms with Gasteiger partial charge in [0.25, 0.3) is 0 Å². The highest BCUT2D eigenvalue weighted by atomic mass is 32.2. The van der Waals surface area contributed by atoms with Crippen LogP contribution >= 0.6 is 0 Å². The second kappa shape index (κ2) is 6.71. The Kier molecular flexibility index (Phi) is 5.52. The fourth-order valence-electron chi connectivity index (χ4n) is 1.52. The predicted molar refractivity (Wildman–Crippen MR) is 79.1 cm³/mol. The number of nitrogens with zero attached hydrogens (tertiary/aromatic N) is 2. The Morgan fingerprint density at radius 3 is 2.50 bits per heavy atom. The number of unbranched alkanes of at least 4 members (excludes halogenated alkanes) is 2. The molecule has 0 spiro atoms. The van der Waals surface area contributed by atoms with Gasteiger partial charge >= 0.3 is 0 Å². The van der Waals surface area contributed by atoms with Crippen LogP contribution in [0.3, 0.4) is 0 Å². The van der Waals surface area contributed by atoms with Crippen LogP contribution in [0.5, 0.6) is 0 Å². The third kappa shape index (κ3) is 4.20. The number of aromatic nitrogens is 1. The quantitative estimate of drug-likeness (QED) is 0.816. The van der Waals surface area contributed by atoms with Crippen LogP contribution in [0.15, 0.2) is 23.4 Å². The van der Waals surface area contributed by atoms with E-state index in [1.54, 1.807) is 26.8 Å². The average molecular weight is 295 g/mol. The minimum absolute atomic E-state index is 0.0973. The first-order chi connectivity index (χ1) is 9.29. The summed E-state index contributed by atoms with van der Waals surface area (Å²) in [6, 6.07) is 5.34. The summed E-state index contributed by atoms with van der Waals surface area (Å²) in [6.07, 6.45) is 3.84. The highest BCUT2D eigenvalue weighted by Gasteiger charge is 2.31. The maximum Gasteiger partial charge on any atom is 0.200 e. The van der Waals surface area contributed by atoms with E-state index in [9.17, 15) is 8.42 Å². The van der Waals surface area contributed by atoms with Gasteiger partial charge in [0.05, 0.1) is 22.7 Å². The Balaban J connectivity index is 2.64. The standard InChI is InChI=1S/C14H21N3O2S/c1-14(2,3)20(18,19)13-8-7-12(11-17-13)16-10-6-4-5-9-15/h7-8,11,16H,4-6,10H2,1-3H3. The van der Waals surface area contributed by atoms with Gasteiger partial charge in [-0.2, -0.15) is 5.26 Å². The number of hydrogen-bond donors (Lipinski definition) is 1. The first kappa shape index (κ1) is 16.4. The Bertz CT molecular complexity index is 566. The number of rotatable bonds is 6. The molecular weight excluding hydrogens is 274 g/mol. The van der Waals surface area contributed by atoms with Crippen molar-refractivity contribution in [3.63, 3.8) is 0 Å². The zero-order chi connectivity index (χ0) is 15.2. The normalized spacial score (nSPS) is 11.9. The van der Waals surface area contributed by atoms with Crippen LogP contribution < -0.4 is 5.32 Å². The van der Waals surface area contributed by atoms with Crippen molar-refractivity contribution in [3.05, 3.63) is 18.3 Å². The maximum absolute atomic E-state index is 12.2. The molecule has 0 aromatic carbocycles. The number of nitrogens with one attached hydrogen (secondary N) is 1. The molecule has 20 heavy (non-hydrogen) atoms. The number of pyridine rings is 1. The Morgan fingerprint density at radius 1 is 1.30 bits per heavy atom. The van der Waals surface area contributed by atoms with Crippen LogP contribution in [-0.4, -0.2) is 24.7 Å². The lowest BCUT2D eigenvalue weighted by Crippen LogP contribution is -2.28. The number of hydrogen-bond acceptors (Lipinski definition) is 5. The largest absolute Gasteiger partial charge is 0.384 e. The molecule has 1 rings (SSSR count). The van der Waals surface area contributed by atoms with Crippen molar-refractivity contribution in [2.24, 2.45) is 0 Å². The molecule has 0 radical (unpaired) electrons. The molecule has 0 unspecified atom stereocenters. The van der Waals surface area contributed by atoms with Gasteiger partial charge in [-0.1, -0.05) is 0 Å². The van der Waals surface area contributed by atoms with Crippen LogP contribution in [-0.2, 0) is 9.84 Å². The van der Waals surface area contributed by atoms with E-state index in [1.807, 2.05) is 0 Å². The molecule has 0 saturated carbocycles. The topological polar surface area (TPSA) is 82.9 Å². The Hall–Kier alpha value is -1.61. The molecule has 1 N–H and O–H groups in total. The summed E-state index contributed by atoms with van der Waals surface area (Å²) in [5, 5.41) is 11.7. The van der Waals surface area contributed by atoms with Gasteiger partial charge in [-0.15, -0.1) is 0 Å². The average Bonchev–Trinajstić information content (AvgIpc) is 2.38. The third-order valence-corrected chi connectivity index (χ3v) is 5.27. The first-order valence-electron chi connectivity index (χ1n) is 6.60. The van der Waals surface area contributed by atoms with Crippen molar-refractivity contribution in [1.82, 2.24) is 4.98 Å². The third-order valence-electron chi connectivity index (χ3n) is 2.86. The zero-order valence-electron chi connectivity index (χ0n) is 12.2.